The predicted molar refractivity (Wildman–Crippen MR) is 89.4 cm³/mol. The normalized spacial score (nSPS) is 19.0. The van der Waals surface area contributed by atoms with E-state index in [1.165, 1.54) is 0 Å². The Hall–Kier alpha value is -3.26. The monoisotopic (exact) mass is 320 g/mol. The minimum absolute atomic E-state index is 0.0552. The average molecular weight is 320 g/mol. The Morgan fingerprint density at radius 1 is 0.958 bits per heavy atom. The summed E-state index contributed by atoms with van der Waals surface area (Å²) >= 11 is 0. The molecule has 0 aromatic heterocycles. The Labute approximate surface area is 140 Å². The van der Waals surface area contributed by atoms with Gasteiger partial charge >= 0.3 is 6.03 Å². The van der Waals surface area contributed by atoms with Crippen LogP contribution in [-0.4, -0.2) is 24.1 Å². The molecule has 0 radical (unpaired) electrons. The first-order valence-corrected chi connectivity index (χ1v) is 7.49. The van der Waals surface area contributed by atoms with Crippen molar-refractivity contribution < 1.29 is 14.3 Å². The Bertz CT molecular complexity index is 819. The SMILES string of the molecule is CC1(COc2ccc(C#Cc3ccccc3)cc2)NC(=O)NC1=O. The highest BCUT2D eigenvalue weighted by Crippen LogP contribution is 2.16. The quantitative estimate of drug-likeness (QED) is 0.672. The summed E-state index contributed by atoms with van der Waals surface area (Å²) in [6.45, 7) is 1.67. The van der Waals surface area contributed by atoms with Crippen molar-refractivity contribution in [3.8, 4) is 17.6 Å². The molecule has 120 valence electrons. The molecule has 0 spiro atoms. The van der Waals surface area contributed by atoms with Gasteiger partial charge in [-0.05, 0) is 43.3 Å². The minimum Gasteiger partial charge on any atom is -0.491 e. The van der Waals surface area contributed by atoms with Gasteiger partial charge in [0.1, 0.15) is 12.4 Å². The van der Waals surface area contributed by atoms with Gasteiger partial charge in [-0.15, -0.1) is 0 Å². The standard InChI is InChI=1S/C19H16N2O3/c1-19(17(22)20-18(23)21-19)13-24-16-11-9-15(10-12-16)8-7-14-5-3-2-4-6-14/h2-6,9-12H,13H2,1H3,(H2,20,21,22,23). The van der Waals surface area contributed by atoms with Crippen LogP contribution < -0.4 is 15.4 Å². The van der Waals surface area contributed by atoms with Gasteiger partial charge in [-0.25, -0.2) is 4.79 Å². The van der Waals surface area contributed by atoms with Crippen molar-refractivity contribution in [3.63, 3.8) is 0 Å². The van der Waals surface area contributed by atoms with Crippen LogP contribution in [0, 0.1) is 11.8 Å². The molecule has 1 saturated heterocycles. The molecule has 5 heteroatoms. The van der Waals surface area contributed by atoms with Crippen molar-refractivity contribution in [3.05, 3.63) is 65.7 Å². The molecule has 3 amide bonds. The molecule has 0 aliphatic carbocycles. The fourth-order valence-electron chi connectivity index (χ4n) is 2.21. The molecule has 1 heterocycles. The Balaban J connectivity index is 1.62. The van der Waals surface area contributed by atoms with Gasteiger partial charge in [-0.1, -0.05) is 30.0 Å². The smallest absolute Gasteiger partial charge is 0.322 e. The van der Waals surface area contributed by atoms with E-state index in [-0.39, 0.29) is 6.61 Å². The number of carbonyl (C=O) groups is 2. The number of carbonyl (C=O) groups excluding carboxylic acids is 2. The number of ether oxygens (including phenoxy) is 1. The third-order valence-corrected chi connectivity index (χ3v) is 3.62. The second kappa shape index (κ2) is 6.47. The predicted octanol–water partition coefficient (Wildman–Crippen LogP) is 2.06. The molecule has 2 aromatic rings. The van der Waals surface area contributed by atoms with Gasteiger partial charge in [0.2, 0.25) is 0 Å². The van der Waals surface area contributed by atoms with E-state index in [0.717, 1.165) is 11.1 Å². The summed E-state index contributed by atoms with van der Waals surface area (Å²) in [5.41, 5.74) is 0.765. The fourth-order valence-corrected chi connectivity index (χ4v) is 2.21. The summed E-state index contributed by atoms with van der Waals surface area (Å²) in [5.74, 6) is 6.38. The molecule has 3 rings (SSSR count). The van der Waals surface area contributed by atoms with Crippen LogP contribution >= 0.6 is 0 Å². The molecule has 0 bridgehead atoms. The van der Waals surface area contributed by atoms with E-state index < -0.39 is 17.5 Å². The first-order chi connectivity index (χ1) is 11.5. The zero-order valence-electron chi connectivity index (χ0n) is 13.1. The Morgan fingerprint density at radius 2 is 1.58 bits per heavy atom. The van der Waals surface area contributed by atoms with Crippen LogP contribution in [0.25, 0.3) is 0 Å². The number of nitrogens with one attached hydrogen (secondary N) is 2. The number of hydrogen-bond acceptors (Lipinski definition) is 3. The van der Waals surface area contributed by atoms with Crippen LogP contribution in [-0.2, 0) is 4.79 Å². The van der Waals surface area contributed by atoms with Crippen molar-refractivity contribution in [1.82, 2.24) is 10.6 Å². The van der Waals surface area contributed by atoms with E-state index >= 15 is 0 Å². The third-order valence-electron chi connectivity index (χ3n) is 3.62. The molecule has 0 saturated carbocycles. The van der Waals surface area contributed by atoms with Gasteiger partial charge < -0.3 is 10.1 Å². The second-order valence-corrected chi connectivity index (χ2v) is 5.67. The largest absolute Gasteiger partial charge is 0.491 e. The van der Waals surface area contributed by atoms with Crippen LogP contribution in [0.1, 0.15) is 18.1 Å². The van der Waals surface area contributed by atoms with Crippen LogP contribution in [0.15, 0.2) is 54.6 Å². The first-order valence-electron chi connectivity index (χ1n) is 7.49. The lowest BCUT2D eigenvalue weighted by Gasteiger charge is -2.20. The second-order valence-electron chi connectivity index (χ2n) is 5.67. The highest BCUT2D eigenvalue weighted by Gasteiger charge is 2.42. The lowest BCUT2D eigenvalue weighted by molar-refractivity contribution is -0.124. The van der Waals surface area contributed by atoms with Crippen molar-refractivity contribution >= 4 is 11.9 Å². The molecular weight excluding hydrogens is 304 g/mol. The summed E-state index contributed by atoms with van der Waals surface area (Å²) in [4.78, 5) is 22.9. The molecular formula is C19H16N2O3. The van der Waals surface area contributed by atoms with E-state index in [0.29, 0.717) is 5.75 Å². The minimum atomic E-state index is -1.05. The first kappa shape index (κ1) is 15.6. The number of urea groups is 1. The van der Waals surface area contributed by atoms with E-state index in [1.54, 1.807) is 19.1 Å². The third kappa shape index (κ3) is 3.55. The van der Waals surface area contributed by atoms with Gasteiger partial charge in [0.25, 0.3) is 5.91 Å². The number of amides is 3. The highest BCUT2D eigenvalue weighted by molar-refractivity contribution is 6.06. The van der Waals surface area contributed by atoms with Crippen LogP contribution in [0.2, 0.25) is 0 Å². The average Bonchev–Trinajstić information content (AvgIpc) is 2.85. The van der Waals surface area contributed by atoms with E-state index in [2.05, 4.69) is 22.5 Å². The summed E-state index contributed by atoms with van der Waals surface area (Å²) < 4.78 is 5.61. The Kier molecular flexibility index (Phi) is 4.21. The summed E-state index contributed by atoms with van der Waals surface area (Å²) in [7, 11) is 0. The van der Waals surface area contributed by atoms with Crippen molar-refractivity contribution in [1.29, 1.82) is 0 Å². The maximum absolute atomic E-state index is 11.7. The fraction of sp³-hybridized carbons (Fsp3) is 0.158. The molecule has 2 aromatic carbocycles. The van der Waals surface area contributed by atoms with Gasteiger partial charge in [-0.3, -0.25) is 10.1 Å². The van der Waals surface area contributed by atoms with Gasteiger partial charge in [-0.2, -0.15) is 0 Å². The number of rotatable bonds is 3. The van der Waals surface area contributed by atoms with Crippen molar-refractivity contribution in [2.24, 2.45) is 0 Å². The van der Waals surface area contributed by atoms with Crippen LogP contribution in [0.4, 0.5) is 4.79 Å². The van der Waals surface area contributed by atoms with E-state index in [1.807, 2.05) is 42.5 Å². The summed E-state index contributed by atoms with van der Waals surface area (Å²) in [5, 5.41) is 4.75. The van der Waals surface area contributed by atoms with Gasteiger partial charge in [0.15, 0.2) is 5.54 Å². The molecule has 5 nitrogen and oxygen atoms in total. The molecule has 1 unspecified atom stereocenters. The molecule has 2 N–H and O–H groups in total. The number of benzene rings is 2. The summed E-state index contributed by atoms with van der Waals surface area (Å²) in [6, 6.07) is 16.5. The topological polar surface area (TPSA) is 67.4 Å². The molecule has 24 heavy (non-hydrogen) atoms. The zero-order valence-corrected chi connectivity index (χ0v) is 13.1. The lowest BCUT2D eigenvalue weighted by Crippen LogP contribution is -2.48. The Morgan fingerprint density at radius 3 is 2.17 bits per heavy atom. The number of hydrogen-bond donors (Lipinski definition) is 2. The van der Waals surface area contributed by atoms with Crippen LogP contribution in [0.3, 0.4) is 0 Å². The maximum Gasteiger partial charge on any atom is 0.322 e. The summed E-state index contributed by atoms with van der Waals surface area (Å²) in [6.07, 6.45) is 0. The zero-order chi connectivity index (χ0) is 17.0. The van der Waals surface area contributed by atoms with E-state index in [4.69, 9.17) is 4.74 Å². The van der Waals surface area contributed by atoms with E-state index in [9.17, 15) is 9.59 Å². The molecule has 1 aliphatic rings. The van der Waals surface area contributed by atoms with Crippen LogP contribution in [0.5, 0.6) is 5.75 Å². The molecule has 1 atom stereocenters. The highest BCUT2D eigenvalue weighted by atomic mass is 16.5. The maximum atomic E-state index is 11.7. The molecule has 1 aliphatic heterocycles. The molecule has 1 fully saturated rings. The lowest BCUT2D eigenvalue weighted by atomic mass is 10.1. The van der Waals surface area contributed by atoms with Gasteiger partial charge in [0.05, 0.1) is 0 Å². The van der Waals surface area contributed by atoms with Crippen molar-refractivity contribution in [2.75, 3.05) is 6.61 Å². The van der Waals surface area contributed by atoms with Gasteiger partial charge in [0, 0.05) is 11.1 Å². The van der Waals surface area contributed by atoms with Crippen molar-refractivity contribution in [2.45, 2.75) is 12.5 Å². The number of imide groups is 1.